The molecule has 3 aromatic carbocycles. The van der Waals surface area contributed by atoms with Crippen molar-refractivity contribution in [1.82, 2.24) is 4.98 Å². The molecule has 188 valence electrons. The average Bonchev–Trinajstić information content (AvgIpc) is 2.91. The molecule has 1 atom stereocenters. The number of nitro groups is 2. The van der Waals surface area contributed by atoms with Crippen molar-refractivity contribution in [3.05, 3.63) is 133 Å². The van der Waals surface area contributed by atoms with Crippen molar-refractivity contribution < 1.29 is 19.4 Å². The molecule has 10 heteroatoms. The fourth-order valence-electron chi connectivity index (χ4n) is 4.41. The highest BCUT2D eigenvalue weighted by Gasteiger charge is 2.32. The first-order chi connectivity index (χ1) is 18.2. The molecule has 38 heavy (non-hydrogen) atoms. The van der Waals surface area contributed by atoms with Gasteiger partial charge in [0.25, 0.3) is 11.4 Å². The number of aromatic nitrogens is 1. The summed E-state index contributed by atoms with van der Waals surface area (Å²) in [4.78, 5) is 43.6. The number of pyridine rings is 1. The summed E-state index contributed by atoms with van der Waals surface area (Å²) in [6.45, 7) is 3.75. The van der Waals surface area contributed by atoms with Crippen LogP contribution in [0.2, 0.25) is 0 Å². The molecule has 0 bridgehead atoms. The predicted molar refractivity (Wildman–Crippen MR) is 139 cm³/mol. The van der Waals surface area contributed by atoms with Gasteiger partial charge in [-0.05, 0) is 79.1 Å². The van der Waals surface area contributed by atoms with Gasteiger partial charge in [0.05, 0.1) is 21.3 Å². The molecular formula is C28H20N4O6. The van der Waals surface area contributed by atoms with Crippen molar-refractivity contribution in [3.8, 4) is 11.5 Å². The SMILES string of the molecule is Cc1cc(C2=NC(c3ccc([N+](=O)[O-])cc3)C(=O)c3cccnc32)cc(C)c1Oc1ccc([N+](=O)[O-])cc1. The average molecular weight is 508 g/mol. The summed E-state index contributed by atoms with van der Waals surface area (Å²) in [5.74, 6) is 0.820. The molecule has 0 saturated heterocycles. The molecule has 10 nitrogen and oxygen atoms in total. The first-order valence-electron chi connectivity index (χ1n) is 11.6. The largest absolute Gasteiger partial charge is 0.457 e. The summed E-state index contributed by atoms with van der Waals surface area (Å²) in [5.41, 5.74) is 4.16. The second-order valence-corrected chi connectivity index (χ2v) is 8.78. The Morgan fingerprint density at radius 1 is 0.842 bits per heavy atom. The van der Waals surface area contributed by atoms with Gasteiger partial charge in [-0.15, -0.1) is 0 Å². The highest BCUT2D eigenvalue weighted by Crippen LogP contribution is 2.35. The van der Waals surface area contributed by atoms with E-state index in [2.05, 4.69) is 4.98 Å². The lowest BCUT2D eigenvalue weighted by molar-refractivity contribution is -0.385. The zero-order valence-electron chi connectivity index (χ0n) is 20.3. The lowest BCUT2D eigenvalue weighted by atomic mass is 9.89. The molecule has 0 spiro atoms. The van der Waals surface area contributed by atoms with Crippen LogP contribution in [0, 0.1) is 34.1 Å². The van der Waals surface area contributed by atoms with E-state index >= 15 is 0 Å². The van der Waals surface area contributed by atoms with Crippen molar-refractivity contribution in [2.24, 2.45) is 4.99 Å². The Labute approximate surface area is 216 Å². The van der Waals surface area contributed by atoms with Crippen molar-refractivity contribution >= 4 is 22.9 Å². The van der Waals surface area contributed by atoms with Crippen LogP contribution >= 0.6 is 0 Å². The van der Waals surface area contributed by atoms with Crippen LogP contribution in [-0.2, 0) is 0 Å². The Morgan fingerprint density at radius 2 is 1.42 bits per heavy atom. The highest BCUT2D eigenvalue weighted by atomic mass is 16.6. The van der Waals surface area contributed by atoms with E-state index in [9.17, 15) is 25.0 Å². The number of Topliss-reactive ketones (excluding diaryl/α,β-unsaturated/α-hetero) is 1. The van der Waals surface area contributed by atoms with Crippen molar-refractivity contribution in [1.29, 1.82) is 0 Å². The number of nitro benzene ring substituents is 2. The van der Waals surface area contributed by atoms with Crippen LogP contribution in [0.4, 0.5) is 11.4 Å². The first kappa shape index (κ1) is 24.4. The summed E-state index contributed by atoms with van der Waals surface area (Å²) in [6.07, 6.45) is 1.60. The highest BCUT2D eigenvalue weighted by molar-refractivity contribution is 6.21. The predicted octanol–water partition coefficient (Wildman–Crippen LogP) is 6.08. The molecule has 1 aromatic heterocycles. The minimum atomic E-state index is -0.876. The standard InChI is InChI=1S/C28H20N4O6/c1-16-14-19(15-17(2)28(16)38-22-11-9-21(10-12-22)32(36)37)24-26-23(4-3-13-29-26)27(33)25(30-24)18-5-7-20(8-6-18)31(34)35/h3-15,25H,1-2H3. The van der Waals surface area contributed by atoms with Crippen molar-refractivity contribution in [3.63, 3.8) is 0 Å². The molecule has 0 aliphatic carbocycles. The first-order valence-corrected chi connectivity index (χ1v) is 11.6. The molecule has 1 aliphatic rings. The second-order valence-electron chi connectivity index (χ2n) is 8.78. The van der Waals surface area contributed by atoms with Gasteiger partial charge in [0, 0.05) is 41.6 Å². The maximum absolute atomic E-state index is 13.3. The fourth-order valence-corrected chi connectivity index (χ4v) is 4.41. The van der Waals surface area contributed by atoms with Gasteiger partial charge in [-0.2, -0.15) is 0 Å². The van der Waals surface area contributed by atoms with E-state index in [0.717, 1.165) is 16.7 Å². The number of nitrogens with zero attached hydrogens (tertiary/aromatic N) is 4. The number of fused-ring (bicyclic) bond motifs is 1. The molecule has 0 saturated carbocycles. The molecule has 0 amide bonds. The Hall–Kier alpha value is -5.25. The zero-order chi connectivity index (χ0) is 27.0. The van der Waals surface area contributed by atoms with Gasteiger partial charge >= 0.3 is 0 Å². The molecule has 5 rings (SSSR count). The van der Waals surface area contributed by atoms with Crippen LogP contribution in [0.5, 0.6) is 11.5 Å². The van der Waals surface area contributed by atoms with Crippen LogP contribution in [0.3, 0.4) is 0 Å². The van der Waals surface area contributed by atoms with Crippen LogP contribution in [0.1, 0.15) is 44.3 Å². The Balaban J connectivity index is 1.54. The number of hydrogen-bond acceptors (Lipinski definition) is 8. The third-order valence-corrected chi connectivity index (χ3v) is 6.22. The molecule has 1 aliphatic heterocycles. The number of ether oxygens (including phenoxy) is 1. The number of aliphatic imine (C=N–C) groups is 1. The van der Waals surface area contributed by atoms with Crippen LogP contribution in [-0.4, -0.2) is 26.3 Å². The minimum Gasteiger partial charge on any atom is -0.457 e. The normalized spacial score (nSPS) is 14.4. The van der Waals surface area contributed by atoms with Crippen LogP contribution in [0.15, 0.2) is 84.0 Å². The Bertz CT molecular complexity index is 1610. The zero-order valence-corrected chi connectivity index (χ0v) is 20.3. The van der Waals surface area contributed by atoms with Gasteiger partial charge in [-0.1, -0.05) is 0 Å². The van der Waals surface area contributed by atoms with Crippen LogP contribution in [0.25, 0.3) is 0 Å². The van der Waals surface area contributed by atoms with E-state index < -0.39 is 15.9 Å². The lowest BCUT2D eigenvalue weighted by Gasteiger charge is -2.23. The maximum Gasteiger partial charge on any atom is 0.269 e. The summed E-state index contributed by atoms with van der Waals surface area (Å²) < 4.78 is 6.04. The van der Waals surface area contributed by atoms with Gasteiger partial charge in [-0.3, -0.25) is 35.0 Å². The van der Waals surface area contributed by atoms with Crippen molar-refractivity contribution in [2.45, 2.75) is 19.9 Å². The molecule has 0 N–H and O–H groups in total. The fraction of sp³-hybridized carbons (Fsp3) is 0.107. The molecule has 2 heterocycles. The number of ketones is 1. The van der Waals surface area contributed by atoms with E-state index in [1.54, 1.807) is 30.5 Å². The second kappa shape index (κ2) is 9.66. The monoisotopic (exact) mass is 508 g/mol. The smallest absolute Gasteiger partial charge is 0.269 e. The van der Waals surface area contributed by atoms with E-state index in [1.807, 2.05) is 26.0 Å². The summed E-state index contributed by atoms with van der Waals surface area (Å²) in [5, 5.41) is 22.0. The number of aryl methyl sites for hydroxylation is 2. The van der Waals surface area contributed by atoms with Gasteiger partial charge in [-0.25, -0.2) is 0 Å². The molecular weight excluding hydrogens is 488 g/mol. The summed E-state index contributed by atoms with van der Waals surface area (Å²) >= 11 is 0. The molecule has 0 fully saturated rings. The third kappa shape index (κ3) is 4.50. The third-order valence-electron chi connectivity index (χ3n) is 6.22. The van der Waals surface area contributed by atoms with E-state index in [1.165, 1.54) is 36.4 Å². The van der Waals surface area contributed by atoms with Crippen LogP contribution < -0.4 is 4.74 Å². The van der Waals surface area contributed by atoms with E-state index in [0.29, 0.717) is 34.0 Å². The van der Waals surface area contributed by atoms with Gasteiger partial charge < -0.3 is 4.74 Å². The number of hydrogen-bond donors (Lipinski definition) is 0. The maximum atomic E-state index is 13.3. The number of carbonyl (C=O) groups excluding carboxylic acids is 1. The quantitative estimate of drug-likeness (QED) is 0.227. The molecule has 0 radical (unpaired) electrons. The number of benzene rings is 3. The number of rotatable bonds is 6. The molecule has 4 aromatic rings. The number of non-ortho nitro benzene ring substituents is 2. The minimum absolute atomic E-state index is 0.0280. The topological polar surface area (TPSA) is 138 Å². The lowest BCUT2D eigenvalue weighted by Crippen LogP contribution is -2.24. The number of carbonyl (C=O) groups is 1. The van der Waals surface area contributed by atoms with E-state index in [4.69, 9.17) is 9.73 Å². The molecule has 1 unspecified atom stereocenters. The van der Waals surface area contributed by atoms with E-state index in [-0.39, 0.29) is 17.2 Å². The van der Waals surface area contributed by atoms with Gasteiger partial charge in [0.15, 0.2) is 5.78 Å². The van der Waals surface area contributed by atoms with Gasteiger partial charge in [0.1, 0.15) is 17.5 Å². The summed E-state index contributed by atoms with van der Waals surface area (Å²) in [6, 6.07) is 17.9. The summed E-state index contributed by atoms with van der Waals surface area (Å²) in [7, 11) is 0. The van der Waals surface area contributed by atoms with Gasteiger partial charge in [0.2, 0.25) is 0 Å². The Kier molecular flexibility index (Phi) is 6.21. The Morgan fingerprint density at radius 3 is 2.00 bits per heavy atom. The van der Waals surface area contributed by atoms with Crippen molar-refractivity contribution in [2.75, 3.05) is 0 Å².